The topological polar surface area (TPSA) is 67.9 Å². The smallest absolute Gasteiger partial charge is 0.407 e. The first-order valence-corrected chi connectivity index (χ1v) is 8.53. The van der Waals surface area contributed by atoms with Crippen molar-refractivity contribution in [3.05, 3.63) is 35.9 Å². The molecular formula is C18H24N2O4. The fourth-order valence-electron chi connectivity index (χ4n) is 3.29. The molecule has 2 fully saturated rings. The van der Waals surface area contributed by atoms with Crippen molar-refractivity contribution in [2.24, 2.45) is 0 Å². The average Bonchev–Trinajstić information content (AvgIpc) is 2.95. The lowest BCUT2D eigenvalue weighted by Gasteiger charge is -2.38. The van der Waals surface area contributed by atoms with E-state index in [1.807, 2.05) is 35.2 Å². The van der Waals surface area contributed by atoms with E-state index in [0.29, 0.717) is 39.1 Å². The summed E-state index contributed by atoms with van der Waals surface area (Å²) in [6.45, 7) is 2.87. The zero-order chi connectivity index (χ0) is 16.8. The maximum absolute atomic E-state index is 12.4. The molecule has 2 saturated heterocycles. The average molecular weight is 332 g/mol. The Kier molecular flexibility index (Phi) is 5.35. The quantitative estimate of drug-likeness (QED) is 0.810. The molecule has 2 amide bonds. The summed E-state index contributed by atoms with van der Waals surface area (Å²) in [6.07, 6.45) is 2.47. The van der Waals surface area contributed by atoms with Gasteiger partial charge in [-0.3, -0.25) is 4.79 Å². The number of likely N-dealkylation sites (tertiary alicyclic amines) is 1. The van der Waals surface area contributed by atoms with Crippen molar-refractivity contribution in [1.82, 2.24) is 10.2 Å². The van der Waals surface area contributed by atoms with Gasteiger partial charge >= 0.3 is 6.09 Å². The first-order chi connectivity index (χ1) is 11.7. The third-order valence-electron chi connectivity index (χ3n) is 4.55. The molecule has 1 aromatic carbocycles. The fourth-order valence-corrected chi connectivity index (χ4v) is 3.29. The minimum Gasteiger partial charge on any atom is -0.439 e. The van der Waals surface area contributed by atoms with Crippen molar-refractivity contribution < 1.29 is 19.1 Å². The Morgan fingerprint density at radius 1 is 1.33 bits per heavy atom. The van der Waals surface area contributed by atoms with Crippen LogP contribution in [-0.4, -0.2) is 48.7 Å². The Hall–Kier alpha value is -2.08. The van der Waals surface area contributed by atoms with E-state index in [1.54, 1.807) is 0 Å². The standard InChI is InChI=1S/C18H24N2O4/c21-16(8-4-11-23-12-15-6-2-1-3-7-15)20-10-5-9-18(14-20)13-19-17(22)24-18/h1-3,6-7H,4-5,8-14H2,(H,19,22). The fraction of sp³-hybridized carbons (Fsp3) is 0.556. The number of alkyl carbamates (subject to hydrolysis) is 1. The first kappa shape index (κ1) is 16.8. The summed E-state index contributed by atoms with van der Waals surface area (Å²) in [5, 5.41) is 2.70. The van der Waals surface area contributed by atoms with Crippen LogP contribution in [0.15, 0.2) is 30.3 Å². The lowest BCUT2D eigenvalue weighted by Crippen LogP contribution is -2.52. The summed E-state index contributed by atoms with van der Waals surface area (Å²) in [5.41, 5.74) is 0.617. The molecular weight excluding hydrogens is 308 g/mol. The maximum atomic E-state index is 12.4. The number of ether oxygens (including phenoxy) is 2. The maximum Gasteiger partial charge on any atom is 0.407 e. The van der Waals surface area contributed by atoms with Gasteiger partial charge in [0.05, 0.1) is 19.7 Å². The van der Waals surface area contributed by atoms with E-state index in [9.17, 15) is 9.59 Å². The van der Waals surface area contributed by atoms with Crippen LogP contribution in [0.5, 0.6) is 0 Å². The van der Waals surface area contributed by atoms with E-state index in [2.05, 4.69) is 5.32 Å². The number of carbonyl (C=O) groups excluding carboxylic acids is 2. The number of hydrogen-bond acceptors (Lipinski definition) is 4. The van der Waals surface area contributed by atoms with Crippen LogP contribution in [0.2, 0.25) is 0 Å². The predicted octanol–water partition coefficient (Wildman–Crippen LogP) is 2.08. The number of carbonyl (C=O) groups is 2. The van der Waals surface area contributed by atoms with Gasteiger partial charge in [0.1, 0.15) is 5.60 Å². The van der Waals surface area contributed by atoms with Crippen molar-refractivity contribution in [3.8, 4) is 0 Å². The Balaban J connectivity index is 1.36. The van der Waals surface area contributed by atoms with Crippen molar-refractivity contribution in [2.45, 2.75) is 37.9 Å². The molecule has 3 rings (SSSR count). The van der Waals surface area contributed by atoms with Gasteiger partial charge in [-0.15, -0.1) is 0 Å². The molecule has 6 nitrogen and oxygen atoms in total. The van der Waals surface area contributed by atoms with Gasteiger partial charge in [-0.1, -0.05) is 30.3 Å². The van der Waals surface area contributed by atoms with E-state index < -0.39 is 5.60 Å². The number of nitrogens with one attached hydrogen (secondary N) is 1. The predicted molar refractivity (Wildman–Crippen MR) is 88.4 cm³/mol. The van der Waals surface area contributed by atoms with Crippen LogP contribution in [0.4, 0.5) is 4.79 Å². The molecule has 0 aromatic heterocycles. The summed E-state index contributed by atoms with van der Waals surface area (Å²) < 4.78 is 11.0. The molecule has 24 heavy (non-hydrogen) atoms. The zero-order valence-corrected chi connectivity index (χ0v) is 13.8. The van der Waals surface area contributed by atoms with Crippen LogP contribution < -0.4 is 5.32 Å². The zero-order valence-electron chi connectivity index (χ0n) is 13.8. The second-order valence-electron chi connectivity index (χ2n) is 6.49. The van der Waals surface area contributed by atoms with Crippen LogP contribution >= 0.6 is 0 Å². The molecule has 1 spiro atoms. The van der Waals surface area contributed by atoms with Crippen LogP contribution in [0.1, 0.15) is 31.2 Å². The number of nitrogens with zero attached hydrogens (tertiary/aromatic N) is 1. The number of amides is 2. The normalized spacial score (nSPS) is 23.2. The summed E-state index contributed by atoms with van der Waals surface area (Å²) in [5.74, 6) is 0.111. The molecule has 2 aliphatic heterocycles. The summed E-state index contributed by atoms with van der Waals surface area (Å²) in [4.78, 5) is 25.5. The van der Waals surface area contributed by atoms with Crippen molar-refractivity contribution in [1.29, 1.82) is 0 Å². The van der Waals surface area contributed by atoms with E-state index in [4.69, 9.17) is 9.47 Å². The first-order valence-electron chi connectivity index (χ1n) is 8.53. The molecule has 130 valence electrons. The highest BCUT2D eigenvalue weighted by atomic mass is 16.6. The highest BCUT2D eigenvalue weighted by molar-refractivity contribution is 5.77. The third-order valence-corrected chi connectivity index (χ3v) is 4.55. The third kappa shape index (κ3) is 4.26. The number of benzene rings is 1. The van der Waals surface area contributed by atoms with E-state index in [1.165, 1.54) is 0 Å². The highest BCUT2D eigenvalue weighted by Gasteiger charge is 2.44. The van der Waals surface area contributed by atoms with Crippen LogP contribution in [0.3, 0.4) is 0 Å². The SMILES string of the molecule is O=C1NCC2(CCCN(C(=O)CCCOCc3ccccc3)C2)O1. The molecule has 0 bridgehead atoms. The van der Waals surface area contributed by atoms with Gasteiger partial charge in [-0.2, -0.15) is 0 Å². The van der Waals surface area contributed by atoms with Gasteiger partial charge < -0.3 is 19.7 Å². The molecule has 0 saturated carbocycles. The van der Waals surface area contributed by atoms with Crippen LogP contribution in [-0.2, 0) is 20.9 Å². The molecule has 6 heteroatoms. The van der Waals surface area contributed by atoms with E-state index >= 15 is 0 Å². The molecule has 2 heterocycles. The monoisotopic (exact) mass is 332 g/mol. The summed E-state index contributed by atoms with van der Waals surface area (Å²) in [6, 6.07) is 9.99. The Labute approximate surface area is 142 Å². The van der Waals surface area contributed by atoms with Gasteiger partial charge in [0.2, 0.25) is 5.91 Å². The minimum atomic E-state index is -0.519. The molecule has 1 unspecified atom stereocenters. The van der Waals surface area contributed by atoms with Crippen LogP contribution in [0.25, 0.3) is 0 Å². The number of hydrogen-bond donors (Lipinski definition) is 1. The minimum absolute atomic E-state index is 0.111. The number of rotatable bonds is 6. The van der Waals surface area contributed by atoms with Gasteiger partial charge in [-0.25, -0.2) is 4.79 Å². The highest BCUT2D eigenvalue weighted by Crippen LogP contribution is 2.28. The van der Waals surface area contributed by atoms with E-state index in [-0.39, 0.29) is 12.0 Å². The molecule has 1 aromatic rings. The lowest BCUT2D eigenvalue weighted by molar-refractivity contribution is -0.137. The molecule has 0 radical (unpaired) electrons. The lowest BCUT2D eigenvalue weighted by atomic mass is 9.93. The summed E-state index contributed by atoms with van der Waals surface area (Å²) >= 11 is 0. The molecule has 1 atom stereocenters. The summed E-state index contributed by atoms with van der Waals surface area (Å²) in [7, 11) is 0. The van der Waals surface area contributed by atoms with Gasteiger partial charge in [0.15, 0.2) is 0 Å². The second-order valence-corrected chi connectivity index (χ2v) is 6.49. The largest absolute Gasteiger partial charge is 0.439 e. The van der Waals surface area contributed by atoms with Crippen molar-refractivity contribution in [2.75, 3.05) is 26.2 Å². The van der Waals surface area contributed by atoms with Gasteiger partial charge in [0.25, 0.3) is 0 Å². The van der Waals surface area contributed by atoms with E-state index in [0.717, 1.165) is 24.9 Å². The second kappa shape index (κ2) is 7.66. The van der Waals surface area contributed by atoms with Gasteiger partial charge in [0, 0.05) is 19.6 Å². The molecule has 2 aliphatic rings. The van der Waals surface area contributed by atoms with Crippen LogP contribution in [0, 0.1) is 0 Å². The van der Waals surface area contributed by atoms with Gasteiger partial charge in [-0.05, 0) is 24.8 Å². The molecule has 0 aliphatic carbocycles. The Morgan fingerprint density at radius 2 is 2.17 bits per heavy atom. The van der Waals surface area contributed by atoms with Crippen molar-refractivity contribution >= 4 is 12.0 Å². The molecule has 1 N–H and O–H groups in total. The Bertz CT molecular complexity index is 578. The van der Waals surface area contributed by atoms with Crippen molar-refractivity contribution in [3.63, 3.8) is 0 Å². The Morgan fingerprint density at radius 3 is 2.92 bits per heavy atom. The number of piperidine rings is 1.